The molecule has 1 aromatic heterocycles. The molecule has 68 valence electrons. The fourth-order valence-corrected chi connectivity index (χ4v) is 1.64. The predicted molar refractivity (Wildman–Crippen MR) is 65.1 cm³/mol. The van der Waals surface area contributed by atoms with Crippen molar-refractivity contribution >= 4 is 63.7 Å². The molecule has 0 spiro atoms. The van der Waals surface area contributed by atoms with Gasteiger partial charge in [-0.1, -0.05) is 47.8 Å². The van der Waals surface area contributed by atoms with Crippen molar-refractivity contribution in [2.45, 2.75) is 2.14 Å². The van der Waals surface area contributed by atoms with E-state index in [2.05, 4.69) is 68.7 Å². The zero-order valence-electron chi connectivity index (χ0n) is 6.06. The molecule has 0 amide bonds. The molecule has 0 bridgehead atoms. The van der Waals surface area contributed by atoms with Crippen LogP contribution in [0, 0.1) is 11.3 Å². The maximum atomic E-state index is 8.74. The second kappa shape index (κ2) is 4.39. The Morgan fingerprint density at radius 1 is 1.38 bits per heavy atom. The molecule has 0 saturated heterocycles. The molecule has 0 aromatic carbocycles. The minimum Gasteiger partial charge on any atom is -0.248 e. The van der Waals surface area contributed by atoms with Gasteiger partial charge in [-0.25, -0.2) is 4.98 Å². The van der Waals surface area contributed by atoms with Gasteiger partial charge >= 0.3 is 0 Å². The van der Waals surface area contributed by atoms with E-state index in [0.717, 1.165) is 5.56 Å². The van der Waals surface area contributed by atoms with Crippen molar-refractivity contribution in [1.82, 2.24) is 4.98 Å². The van der Waals surface area contributed by atoms with Crippen LogP contribution in [0.5, 0.6) is 0 Å². The van der Waals surface area contributed by atoms with Crippen LogP contribution in [-0.4, -0.2) is 4.98 Å². The lowest BCUT2D eigenvalue weighted by molar-refractivity contribution is 1.18. The SMILES string of the molecule is N#Cc1cc(C(Br)(Br)Br)cnc1Br. The van der Waals surface area contributed by atoms with Crippen LogP contribution in [0.3, 0.4) is 0 Å². The summed E-state index contributed by atoms with van der Waals surface area (Å²) in [6.45, 7) is 0. The van der Waals surface area contributed by atoms with Gasteiger partial charge in [0.05, 0.1) is 5.56 Å². The van der Waals surface area contributed by atoms with Crippen molar-refractivity contribution in [3.63, 3.8) is 0 Å². The highest BCUT2D eigenvalue weighted by atomic mass is 80.0. The zero-order chi connectivity index (χ0) is 10.1. The van der Waals surface area contributed by atoms with Gasteiger partial charge in [-0.05, 0) is 22.0 Å². The van der Waals surface area contributed by atoms with E-state index in [-0.39, 0.29) is 0 Å². The van der Waals surface area contributed by atoms with Gasteiger partial charge in [0.25, 0.3) is 0 Å². The van der Waals surface area contributed by atoms with Gasteiger partial charge < -0.3 is 0 Å². The van der Waals surface area contributed by atoms with Crippen molar-refractivity contribution in [3.8, 4) is 6.07 Å². The second-order valence-corrected chi connectivity index (χ2v) is 9.68. The molecule has 2 nitrogen and oxygen atoms in total. The maximum Gasteiger partial charge on any atom is 0.161 e. The van der Waals surface area contributed by atoms with E-state index >= 15 is 0 Å². The number of nitriles is 1. The van der Waals surface area contributed by atoms with Gasteiger partial charge in [-0.3, -0.25) is 0 Å². The summed E-state index contributed by atoms with van der Waals surface area (Å²) in [5, 5.41) is 8.74. The van der Waals surface area contributed by atoms with Crippen molar-refractivity contribution in [2.24, 2.45) is 0 Å². The number of hydrogen-bond donors (Lipinski definition) is 0. The Morgan fingerprint density at radius 3 is 2.46 bits per heavy atom. The van der Waals surface area contributed by atoms with Crippen molar-refractivity contribution < 1.29 is 0 Å². The van der Waals surface area contributed by atoms with Gasteiger partial charge in [-0.2, -0.15) is 5.26 Å². The molecule has 6 heteroatoms. The largest absolute Gasteiger partial charge is 0.248 e. The first-order chi connectivity index (χ1) is 5.95. The number of hydrogen-bond acceptors (Lipinski definition) is 2. The summed E-state index contributed by atoms with van der Waals surface area (Å²) in [5.41, 5.74) is 1.33. The van der Waals surface area contributed by atoms with E-state index < -0.39 is 2.14 Å². The molecule has 0 radical (unpaired) electrons. The lowest BCUT2D eigenvalue weighted by Crippen LogP contribution is -1.99. The first kappa shape index (κ1) is 11.6. The number of aromatic nitrogens is 1. The smallest absolute Gasteiger partial charge is 0.161 e. The van der Waals surface area contributed by atoms with Gasteiger partial charge in [0.1, 0.15) is 10.7 Å². The van der Waals surface area contributed by atoms with E-state index in [1.54, 1.807) is 12.3 Å². The Balaban J connectivity index is 3.24. The minimum absolute atomic E-state index is 0.500. The summed E-state index contributed by atoms with van der Waals surface area (Å²) in [4.78, 5) is 4.02. The normalized spacial score (nSPS) is 11.0. The molecular formula is C7H2Br4N2. The van der Waals surface area contributed by atoms with E-state index in [0.29, 0.717) is 10.2 Å². The van der Waals surface area contributed by atoms with Crippen LogP contribution in [0.4, 0.5) is 0 Å². The van der Waals surface area contributed by atoms with Crippen LogP contribution in [0.2, 0.25) is 0 Å². The summed E-state index contributed by atoms with van der Waals surface area (Å²) in [6.07, 6.45) is 1.66. The molecule has 0 saturated carbocycles. The lowest BCUT2D eigenvalue weighted by atomic mass is 10.2. The van der Waals surface area contributed by atoms with Gasteiger partial charge in [0, 0.05) is 11.8 Å². The van der Waals surface area contributed by atoms with E-state index in [9.17, 15) is 0 Å². The third-order valence-corrected chi connectivity index (χ3v) is 3.29. The van der Waals surface area contributed by atoms with Gasteiger partial charge in [0.2, 0.25) is 0 Å². The fraction of sp³-hybridized carbons (Fsp3) is 0.143. The Hall–Kier alpha value is 0.560. The van der Waals surface area contributed by atoms with Crippen LogP contribution in [0.25, 0.3) is 0 Å². The zero-order valence-corrected chi connectivity index (χ0v) is 12.4. The number of pyridine rings is 1. The fourth-order valence-electron chi connectivity index (χ4n) is 0.682. The lowest BCUT2D eigenvalue weighted by Gasteiger charge is -2.11. The monoisotopic (exact) mass is 430 g/mol. The van der Waals surface area contributed by atoms with Crippen molar-refractivity contribution in [1.29, 1.82) is 5.26 Å². The molecule has 0 aliphatic rings. The molecule has 0 fully saturated rings. The standard InChI is InChI=1S/C7H2Br4N2/c8-6-4(2-12)1-5(3-13-6)7(9,10)11/h1,3H. The molecule has 0 unspecified atom stereocenters. The van der Waals surface area contributed by atoms with Crippen LogP contribution >= 0.6 is 63.7 Å². The summed E-state index contributed by atoms with van der Waals surface area (Å²) < 4.78 is 0.0299. The van der Waals surface area contributed by atoms with E-state index in [1.807, 2.05) is 6.07 Å². The Labute approximate surface area is 109 Å². The molecule has 0 atom stereocenters. The third-order valence-electron chi connectivity index (χ3n) is 1.29. The quantitative estimate of drug-likeness (QED) is 0.458. The molecular weight excluding hydrogens is 432 g/mol. The summed E-state index contributed by atoms with van der Waals surface area (Å²) in [7, 11) is 0. The van der Waals surface area contributed by atoms with E-state index in [4.69, 9.17) is 5.26 Å². The van der Waals surface area contributed by atoms with Gasteiger partial charge in [0.15, 0.2) is 2.14 Å². The number of alkyl halides is 3. The van der Waals surface area contributed by atoms with Crippen LogP contribution < -0.4 is 0 Å². The highest BCUT2D eigenvalue weighted by molar-refractivity contribution is 9.38. The maximum absolute atomic E-state index is 8.74. The molecule has 0 aliphatic carbocycles. The van der Waals surface area contributed by atoms with Crippen molar-refractivity contribution in [2.75, 3.05) is 0 Å². The number of halogens is 4. The minimum atomic E-state index is -0.522. The van der Waals surface area contributed by atoms with Crippen LogP contribution in [-0.2, 0) is 2.14 Å². The third kappa shape index (κ3) is 3.01. The summed E-state index contributed by atoms with van der Waals surface area (Å²) in [6, 6.07) is 3.77. The van der Waals surface area contributed by atoms with Crippen molar-refractivity contribution in [3.05, 3.63) is 28.0 Å². The average Bonchev–Trinajstić information content (AvgIpc) is 2.03. The second-order valence-electron chi connectivity index (χ2n) is 2.17. The summed E-state index contributed by atoms with van der Waals surface area (Å²) in [5.74, 6) is 0. The number of rotatable bonds is 0. The molecule has 0 N–H and O–H groups in total. The molecule has 13 heavy (non-hydrogen) atoms. The van der Waals surface area contributed by atoms with Crippen LogP contribution in [0.15, 0.2) is 16.9 Å². The molecule has 0 aliphatic heterocycles. The molecule has 1 heterocycles. The Morgan fingerprint density at radius 2 is 2.00 bits per heavy atom. The van der Waals surface area contributed by atoms with Crippen LogP contribution in [0.1, 0.15) is 11.1 Å². The summed E-state index contributed by atoms with van der Waals surface area (Å²) >= 11 is 13.2. The van der Waals surface area contributed by atoms with E-state index in [1.165, 1.54) is 0 Å². The Bertz CT molecular complexity index is 364. The topological polar surface area (TPSA) is 36.7 Å². The predicted octanol–water partition coefficient (Wildman–Crippen LogP) is 4.01. The molecule has 1 aromatic rings. The molecule has 1 rings (SSSR count). The average molecular weight is 434 g/mol. The highest BCUT2D eigenvalue weighted by Gasteiger charge is 2.22. The highest BCUT2D eigenvalue weighted by Crippen LogP contribution is 2.44. The first-order valence-corrected chi connectivity index (χ1v) is 6.25. The number of nitrogens with zero attached hydrogens (tertiary/aromatic N) is 2. The van der Waals surface area contributed by atoms with Gasteiger partial charge in [-0.15, -0.1) is 0 Å². The first-order valence-electron chi connectivity index (χ1n) is 3.08. The Kier molecular flexibility index (Phi) is 3.93.